The average Bonchev–Trinajstić information content (AvgIpc) is 2.34. The second kappa shape index (κ2) is 5.31. The maximum atomic E-state index is 9.15. The molecule has 1 N–H and O–H groups in total. The molecule has 0 saturated heterocycles. The third-order valence-corrected chi connectivity index (χ3v) is 2.47. The lowest BCUT2D eigenvalue weighted by atomic mass is 10.2. The molecule has 0 radical (unpaired) electrons. The Morgan fingerprint density at radius 1 is 1.24 bits per heavy atom. The summed E-state index contributed by atoms with van der Waals surface area (Å²) in [4.78, 5) is 7.58. The van der Waals surface area contributed by atoms with Gasteiger partial charge in [-0.3, -0.25) is 0 Å². The van der Waals surface area contributed by atoms with Crippen molar-refractivity contribution in [3.05, 3.63) is 46.3 Å². The lowest BCUT2D eigenvalue weighted by molar-refractivity contribution is 0.276. The van der Waals surface area contributed by atoms with Crippen LogP contribution in [0.5, 0.6) is 11.6 Å². The number of nitrogens with zero attached hydrogens (tertiary/aromatic N) is 2. The number of rotatable bonds is 3. The number of aliphatic hydroxyl groups is 1. The van der Waals surface area contributed by atoms with Gasteiger partial charge in [0.2, 0.25) is 11.2 Å². The summed E-state index contributed by atoms with van der Waals surface area (Å²) in [5.74, 6) is 0.638. The maximum Gasteiger partial charge on any atom is 0.242 e. The first-order valence-electron chi connectivity index (χ1n) is 4.75. The predicted molar refractivity (Wildman–Crippen MR) is 64.5 cm³/mol. The summed E-state index contributed by atoms with van der Waals surface area (Å²) in [6, 6.07) is 7.03. The van der Waals surface area contributed by atoms with Crippen LogP contribution in [0.2, 0.25) is 10.3 Å². The van der Waals surface area contributed by atoms with Gasteiger partial charge in [-0.1, -0.05) is 29.8 Å². The van der Waals surface area contributed by atoms with Gasteiger partial charge in [-0.15, -0.1) is 0 Å². The van der Waals surface area contributed by atoms with Crippen molar-refractivity contribution in [3.63, 3.8) is 0 Å². The molecule has 1 heterocycles. The third kappa shape index (κ3) is 2.85. The van der Waals surface area contributed by atoms with Crippen molar-refractivity contribution in [2.45, 2.75) is 6.61 Å². The van der Waals surface area contributed by atoms with E-state index in [-0.39, 0.29) is 22.8 Å². The molecule has 1 aromatic heterocycles. The van der Waals surface area contributed by atoms with Crippen LogP contribution < -0.4 is 4.74 Å². The average molecular weight is 271 g/mol. The van der Waals surface area contributed by atoms with Crippen LogP contribution >= 0.6 is 23.2 Å². The number of halogens is 2. The molecule has 0 spiro atoms. The van der Waals surface area contributed by atoms with E-state index in [1.54, 1.807) is 24.3 Å². The zero-order chi connectivity index (χ0) is 12.3. The molecule has 0 amide bonds. The predicted octanol–water partition coefficient (Wildman–Crippen LogP) is 3.07. The molecule has 0 bridgehead atoms. The van der Waals surface area contributed by atoms with Gasteiger partial charge in [0.25, 0.3) is 0 Å². The van der Waals surface area contributed by atoms with E-state index in [9.17, 15) is 0 Å². The molecule has 0 saturated carbocycles. The lowest BCUT2D eigenvalue weighted by Crippen LogP contribution is -1.95. The second-order valence-corrected chi connectivity index (χ2v) is 3.91. The second-order valence-electron chi connectivity index (χ2n) is 3.16. The van der Waals surface area contributed by atoms with Crippen LogP contribution in [0, 0.1) is 0 Å². The minimum atomic E-state index is -0.132. The Bertz CT molecular complexity index is 535. The summed E-state index contributed by atoms with van der Waals surface area (Å²) in [7, 11) is 0. The number of hydrogen-bond donors (Lipinski definition) is 1. The molecule has 0 aliphatic rings. The molecule has 1 aromatic carbocycles. The fourth-order valence-electron chi connectivity index (χ4n) is 1.24. The van der Waals surface area contributed by atoms with Gasteiger partial charge >= 0.3 is 0 Å². The Kier molecular flexibility index (Phi) is 3.78. The SMILES string of the molecule is OCc1ccccc1Oc1nc(Cl)ncc1Cl. The van der Waals surface area contributed by atoms with Crippen molar-refractivity contribution in [1.82, 2.24) is 9.97 Å². The van der Waals surface area contributed by atoms with E-state index in [2.05, 4.69) is 9.97 Å². The fourth-order valence-corrected chi connectivity index (χ4v) is 1.50. The molecular formula is C11H8Cl2N2O2. The molecule has 4 nitrogen and oxygen atoms in total. The zero-order valence-corrected chi connectivity index (χ0v) is 10.1. The van der Waals surface area contributed by atoms with E-state index in [0.717, 1.165) is 0 Å². The van der Waals surface area contributed by atoms with Crippen LogP contribution in [-0.4, -0.2) is 15.1 Å². The van der Waals surface area contributed by atoms with Crippen LogP contribution in [0.25, 0.3) is 0 Å². The Morgan fingerprint density at radius 2 is 2.00 bits per heavy atom. The molecule has 0 atom stereocenters. The molecule has 88 valence electrons. The van der Waals surface area contributed by atoms with Gasteiger partial charge in [0.15, 0.2) is 0 Å². The summed E-state index contributed by atoms with van der Waals surface area (Å²) in [6.45, 7) is -0.132. The highest BCUT2D eigenvalue weighted by Crippen LogP contribution is 2.29. The first kappa shape index (κ1) is 12.1. The number of ether oxygens (including phenoxy) is 1. The smallest absolute Gasteiger partial charge is 0.242 e. The van der Waals surface area contributed by atoms with E-state index in [1.807, 2.05) is 0 Å². The molecule has 6 heteroatoms. The van der Waals surface area contributed by atoms with Crippen molar-refractivity contribution >= 4 is 23.2 Å². The standard InChI is InChI=1S/C11H8Cl2N2O2/c12-8-5-14-11(13)15-10(8)17-9-4-2-1-3-7(9)6-16/h1-5,16H,6H2. The summed E-state index contributed by atoms with van der Waals surface area (Å²) in [6.07, 6.45) is 1.35. The summed E-state index contributed by atoms with van der Waals surface area (Å²) >= 11 is 11.5. The number of aromatic nitrogens is 2. The van der Waals surface area contributed by atoms with Crippen LogP contribution in [0.3, 0.4) is 0 Å². The highest BCUT2D eigenvalue weighted by Gasteiger charge is 2.09. The van der Waals surface area contributed by atoms with Crippen LogP contribution in [-0.2, 0) is 6.61 Å². The molecule has 0 unspecified atom stereocenters. The van der Waals surface area contributed by atoms with Gasteiger partial charge in [-0.2, -0.15) is 4.98 Å². The lowest BCUT2D eigenvalue weighted by Gasteiger charge is -2.09. The van der Waals surface area contributed by atoms with Crippen LogP contribution in [0.1, 0.15) is 5.56 Å². The molecule has 17 heavy (non-hydrogen) atoms. The number of aliphatic hydroxyl groups excluding tert-OH is 1. The Labute approximate surface area is 108 Å². The van der Waals surface area contributed by atoms with Crippen molar-refractivity contribution < 1.29 is 9.84 Å². The molecule has 2 rings (SSSR count). The first-order chi connectivity index (χ1) is 8.20. The van der Waals surface area contributed by atoms with Crippen molar-refractivity contribution in [3.8, 4) is 11.6 Å². The molecule has 0 fully saturated rings. The van der Waals surface area contributed by atoms with Crippen molar-refractivity contribution in [2.24, 2.45) is 0 Å². The van der Waals surface area contributed by atoms with Crippen LogP contribution in [0.4, 0.5) is 0 Å². The summed E-state index contributed by atoms with van der Waals surface area (Å²) < 4.78 is 5.48. The van der Waals surface area contributed by atoms with E-state index in [4.69, 9.17) is 33.0 Å². The molecule has 0 aliphatic heterocycles. The molecule has 0 aliphatic carbocycles. The van der Waals surface area contributed by atoms with Crippen molar-refractivity contribution in [2.75, 3.05) is 0 Å². The van der Waals surface area contributed by atoms with Gasteiger partial charge in [0, 0.05) is 5.56 Å². The largest absolute Gasteiger partial charge is 0.437 e. The number of para-hydroxylation sites is 1. The van der Waals surface area contributed by atoms with E-state index in [0.29, 0.717) is 11.3 Å². The highest BCUT2D eigenvalue weighted by molar-refractivity contribution is 6.32. The van der Waals surface area contributed by atoms with Gasteiger partial charge in [0.1, 0.15) is 10.8 Å². The Hall–Kier alpha value is -1.36. The van der Waals surface area contributed by atoms with Crippen LogP contribution in [0.15, 0.2) is 30.5 Å². The first-order valence-corrected chi connectivity index (χ1v) is 5.51. The summed E-state index contributed by atoms with van der Waals surface area (Å²) in [5, 5.41) is 9.45. The van der Waals surface area contributed by atoms with E-state index in [1.165, 1.54) is 6.20 Å². The van der Waals surface area contributed by atoms with Gasteiger partial charge in [-0.05, 0) is 17.7 Å². The maximum absolute atomic E-state index is 9.15. The zero-order valence-electron chi connectivity index (χ0n) is 8.60. The van der Waals surface area contributed by atoms with Gasteiger partial charge in [0.05, 0.1) is 12.8 Å². The Morgan fingerprint density at radius 3 is 2.76 bits per heavy atom. The van der Waals surface area contributed by atoms with Crippen molar-refractivity contribution in [1.29, 1.82) is 0 Å². The fraction of sp³-hybridized carbons (Fsp3) is 0.0909. The third-order valence-electron chi connectivity index (χ3n) is 2.03. The Balaban J connectivity index is 2.34. The molecular weight excluding hydrogens is 263 g/mol. The van der Waals surface area contributed by atoms with E-state index < -0.39 is 0 Å². The minimum absolute atomic E-state index is 0.0471. The number of benzene rings is 1. The normalized spacial score (nSPS) is 10.3. The quantitative estimate of drug-likeness (QED) is 0.871. The monoisotopic (exact) mass is 270 g/mol. The van der Waals surface area contributed by atoms with Gasteiger partial charge in [-0.25, -0.2) is 4.98 Å². The van der Waals surface area contributed by atoms with E-state index >= 15 is 0 Å². The van der Waals surface area contributed by atoms with Gasteiger partial charge < -0.3 is 9.84 Å². The number of hydrogen-bond acceptors (Lipinski definition) is 4. The minimum Gasteiger partial charge on any atom is -0.437 e. The molecule has 2 aromatic rings. The topological polar surface area (TPSA) is 55.2 Å². The highest BCUT2D eigenvalue weighted by atomic mass is 35.5. The summed E-state index contributed by atoms with van der Waals surface area (Å²) in [5.41, 5.74) is 0.637.